The molecule has 1 fully saturated rings. The van der Waals surface area contributed by atoms with Crippen molar-refractivity contribution in [1.82, 2.24) is 0 Å². The molecule has 1 nitrogen and oxygen atoms in total. The van der Waals surface area contributed by atoms with Crippen LogP contribution in [0.4, 0.5) is 0 Å². The summed E-state index contributed by atoms with van der Waals surface area (Å²) in [6, 6.07) is 5.90. The summed E-state index contributed by atoms with van der Waals surface area (Å²) in [4.78, 5) is 0. The van der Waals surface area contributed by atoms with Crippen LogP contribution in [-0.2, 0) is 6.42 Å². The van der Waals surface area contributed by atoms with Crippen molar-refractivity contribution in [3.63, 3.8) is 0 Å². The molecular weight excluding hydrogens is 293 g/mol. The molecule has 0 amide bonds. The largest absolute Gasteiger partial charge is 0.326 e. The van der Waals surface area contributed by atoms with Gasteiger partial charge >= 0.3 is 0 Å². The van der Waals surface area contributed by atoms with Gasteiger partial charge in [-0.2, -0.15) is 23.5 Å². The lowest BCUT2D eigenvalue weighted by Crippen LogP contribution is -2.38. The summed E-state index contributed by atoms with van der Waals surface area (Å²) in [7, 11) is 0. The molecule has 0 saturated carbocycles. The highest BCUT2D eigenvalue weighted by Gasteiger charge is 2.22. The Labute approximate surface area is 121 Å². The van der Waals surface area contributed by atoms with Gasteiger partial charge < -0.3 is 5.73 Å². The maximum Gasteiger partial charge on any atom is 0.0624 e. The van der Waals surface area contributed by atoms with Gasteiger partial charge in [0.05, 0.1) is 10.0 Å². The first kappa shape index (κ1) is 13.9. The average molecular weight is 308 g/mol. The number of hydrogen-bond acceptors (Lipinski definition) is 3. The molecule has 0 bridgehead atoms. The minimum absolute atomic E-state index is 0.156. The van der Waals surface area contributed by atoms with Gasteiger partial charge in [0.1, 0.15) is 0 Å². The smallest absolute Gasteiger partial charge is 0.0624 e. The van der Waals surface area contributed by atoms with Crippen molar-refractivity contribution in [2.45, 2.75) is 17.7 Å². The fourth-order valence-corrected chi connectivity index (χ4v) is 5.06. The minimum atomic E-state index is 0.156. The molecule has 1 aromatic carbocycles. The van der Waals surface area contributed by atoms with E-state index in [1.165, 1.54) is 11.5 Å². The third kappa shape index (κ3) is 3.71. The molecule has 1 saturated heterocycles. The maximum absolute atomic E-state index is 6.26. The van der Waals surface area contributed by atoms with Crippen molar-refractivity contribution in [2.75, 3.05) is 17.3 Å². The van der Waals surface area contributed by atoms with Gasteiger partial charge in [-0.05, 0) is 18.1 Å². The molecule has 0 radical (unpaired) electrons. The van der Waals surface area contributed by atoms with Crippen molar-refractivity contribution in [3.05, 3.63) is 33.8 Å². The van der Waals surface area contributed by atoms with E-state index in [0.29, 0.717) is 15.3 Å². The molecule has 2 atom stereocenters. The Hall–Kier alpha value is 0.460. The first-order chi connectivity index (χ1) is 8.18. The van der Waals surface area contributed by atoms with E-state index >= 15 is 0 Å². The Morgan fingerprint density at radius 3 is 2.88 bits per heavy atom. The van der Waals surface area contributed by atoms with Crippen LogP contribution in [0.5, 0.6) is 0 Å². The standard InChI is InChI=1S/C12H15Cl2NS2/c13-9-3-1-2-8(12(9)14)6-10(15)11-7-16-4-5-17-11/h1-3,10-11H,4-7,15H2. The van der Waals surface area contributed by atoms with E-state index in [9.17, 15) is 0 Å². The molecule has 0 aromatic heterocycles. The monoisotopic (exact) mass is 307 g/mol. The fraction of sp³-hybridized carbons (Fsp3) is 0.500. The van der Waals surface area contributed by atoms with Crippen molar-refractivity contribution in [1.29, 1.82) is 0 Å². The summed E-state index contributed by atoms with van der Waals surface area (Å²) in [5.74, 6) is 3.59. The first-order valence-corrected chi connectivity index (χ1v) is 8.52. The third-order valence-electron chi connectivity index (χ3n) is 2.81. The minimum Gasteiger partial charge on any atom is -0.326 e. The van der Waals surface area contributed by atoms with Crippen LogP contribution in [0.15, 0.2) is 18.2 Å². The number of halogens is 2. The zero-order chi connectivity index (χ0) is 12.3. The summed E-state index contributed by atoms with van der Waals surface area (Å²) >= 11 is 16.1. The van der Waals surface area contributed by atoms with Gasteiger partial charge in [0.25, 0.3) is 0 Å². The molecule has 1 aromatic rings. The van der Waals surface area contributed by atoms with E-state index < -0.39 is 0 Å². The molecule has 1 aliphatic heterocycles. The summed E-state index contributed by atoms with van der Waals surface area (Å²) in [6.45, 7) is 0. The topological polar surface area (TPSA) is 26.0 Å². The first-order valence-electron chi connectivity index (χ1n) is 5.56. The van der Waals surface area contributed by atoms with Crippen LogP contribution in [0.25, 0.3) is 0 Å². The van der Waals surface area contributed by atoms with Crippen LogP contribution < -0.4 is 5.73 Å². The molecule has 0 aliphatic carbocycles. The molecule has 94 valence electrons. The zero-order valence-corrected chi connectivity index (χ0v) is 12.5. The van der Waals surface area contributed by atoms with E-state index in [-0.39, 0.29) is 6.04 Å². The number of rotatable bonds is 3. The fourth-order valence-electron chi connectivity index (χ4n) is 1.84. The molecule has 1 heterocycles. The Balaban J connectivity index is 2.01. The lowest BCUT2D eigenvalue weighted by atomic mass is 10.0. The van der Waals surface area contributed by atoms with E-state index in [2.05, 4.69) is 0 Å². The number of hydrogen-bond donors (Lipinski definition) is 1. The van der Waals surface area contributed by atoms with E-state index in [1.807, 2.05) is 41.7 Å². The van der Waals surface area contributed by atoms with E-state index in [4.69, 9.17) is 28.9 Å². The quantitative estimate of drug-likeness (QED) is 0.922. The molecule has 2 unspecified atom stereocenters. The van der Waals surface area contributed by atoms with Crippen LogP contribution in [0, 0.1) is 0 Å². The second-order valence-corrected chi connectivity index (χ2v) is 7.35. The molecular formula is C12H15Cl2NS2. The maximum atomic E-state index is 6.26. The summed E-state index contributed by atoms with van der Waals surface area (Å²) < 4.78 is 0. The highest BCUT2D eigenvalue weighted by atomic mass is 35.5. The lowest BCUT2D eigenvalue weighted by molar-refractivity contribution is 0.664. The molecule has 17 heavy (non-hydrogen) atoms. The SMILES string of the molecule is NC(Cc1cccc(Cl)c1Cl)C1CSCCS1. The number of benzene rings is 1. The number of nitrogens with two attached hydrogens (primary N) is 1. The van der Waals surface area contributed by atoms with Gasteiger partial charge in [0.15, 0.2) is 0 Å². The normalized spacial score (nSPS) is 22.4. The van der Waals surface area contributed by atoms with Crippen LogP contribution in [0.1, 0.15) is 5.56 Å². The zero-order valence-electron chi connectivity index (χ0n) is 9.36. The predicted octanol–water partition coefficient (Wildman–Crippen LogP) is 3.71. The summed E-state index contributed by atoms with van der Waals surface area (Å²) in [6.07, 6.45) is 0.803. The molecule has 5 heteroatoms. The Bertz CT molecular complexity index is 381. The molecule has 2 N–H and O–H groups in total. The van der Waals surface area contributed by atoms with Crippen LogP contribution >= 0.6 is 46.7 Å². The lowest BCUT2D eigenvalue weighted by Gasteiger charge is -2.27. The van der Waals surface area contributed by atoms with E-state index in [1.54, 1.807) is 0 Å². The van der Waals surface area contributed by atoms with E-state index in [0.717, 1.165) is 17.7 Å². The molecule has 1 aliphatic rings. The van der Waals surface area contributed by atoms with Gasteiger partial charge in [-0.15, -0.1) is 0 Å². The van der Waals surface area contributed by atoms with Crippen molar-refractivity contribution in [3.8, 4) is 0 Å². The van der Waals surface area contributed by atoms with Crippen LogP contribution in [-0.4, -0.2) is 28.6 Å². The highest BCUT2D eigenvalue weighted by Crippen LogP contribution is 2.30. The van der Waals surface area contributed by atoms with Crippen LogP contribution in [0.3, 0.4) is 0 Å². The average Bonchev–Trinajstić information content (AvgIpc) is 2.36. The Morgan fingerprint density at radius 2 is 2.18 bits per heavy atom. The second-order valence-electron chi connectivity index (χ2n) is 4.07. The van der Waals surface area contributed by atoms with Crippen molar-refractivity contribution < 1.29 is 0 Å². The number of thioether (sulfide) groups is 2. The summed E-state index contributed by atoms with van der Waals surface area (Å²) in [5, 5.41) is 1.80. The van der Waals surface area contributed by atoms with Crippen molar-refractivity contribution in [2.24, 2.45) is 5.73 Å². The second kappa shape index (κ2) is 6.58. The van der Waals surface area contributed by atoms with Crippen LogP contribution in [0.2, 0.25) is 10.0 Å². The highest BCUT2D eigenvalue weighted by molar-refractivity contribution is 8.06. The molecule has 2 rings (SSSR count). The Kier molecular flexibility index (Phi) is 5.37. The predicted molar refractivity (Wildman–Crippen MR) is 81.7 cm³/mol. The van der Waals surface area contributed by atoms with Gasteiger partial charge in [-0.25, -0.2) is 0 Å². The summed E-state index contributed by atoms with van der Waals surface area (Å²) in [5.41, 5.74) is 7.32. The molecule has 0 spiro atoms. The van der Waals surface area contributed by atoms with Gasteiger partial charge in [-0.3, -0.25) is 0 Å². The third-order valence-corrected chi connectivity index (χ3v) is 6.61. The van der Waals surface area contributed by atoms with Gasteiger partial charge in [-0.1, -0.05) is 35.3 Å². The van der Waals surface area contributed by atoms with Crippen molar-refractivity contribution >= 4 is 46.7 Å². The van der Waals surface area contributed by atoms with Gasteiger partial charge in [0, 0.05) is 28.6 Å². The van der Waals surface area contributed by atoms with Gasteiger partial charge in [0.2, 0.25) is 0 Å². The Morgan fingerprint density at radius 1 is 1.35 bits per heavy atom.